The lowest BCUT2D eigenvalue weighted by atomic mass is 10.1. The zero-order chi connectivity index (χ0) is 10.4. The fraction of sp³-hybridized carbons (Fsp3) is 0.857. The van der Waals surface area contributed by atoms with E-state index < -0.39 is 20.9 Å². The number of methoxy groups -OCH3 is 1. The normalized spacial score (nSPS) is 29.2. The van der Waals surface area contributed by atoms with Gasteiger partial charge in [-0.3, -0.25) is 0 Å². The van der Waals surface area contributed by atoms with Gasteiger partial charge in [-0.15, -0.1) is 0 Å². The summed E-state index contributed by atoms with van der Waals surface area (Å²) in [6.07, 6.45) is -0.813. The summed E-state index contributed by atoms with van der Waals surface area (Å²) in [6.45, 7) is 4.86. The van der Waals surface area contributed by atoms with Crippen molar-refractivity contribution in [3.63, 3.8) is 0 Å². The topological polar surface area (TPSA) is 63.7 Å². The highest BCUT2D eigenvalue weighted by molar-refractivity contribution is 7.92. The Labute approximate surface area is 77.7 Å². The predicted octanol–water partition coefficient (Wildman–Crippen LogP) is 0.565. The average molecular weight is 207 g/mol. The van der Waals surface area contributed by atoms with E-state index in [1.54, 1.807) is 20.8 Å². The van der Waals surface area contributed by atoms with Crippen LogP contribution in [-0.2, 0) is 14.8 Å². The minimum absolute atomic E-state index is 0.343. The summed E-state index contributed by atoms with van der Waals surface area (Å²) in [6, 6.07) is -0.343. The van der Waals surface area contributed by atoms with Crippen LogP contribution in [0.3, 0.4) is 0 Å². The molecule has 1 aliphatic heterocycles. The number of hydrogen-bond donors (Lipinski definition) is 0. The van der Waals surface area contributed by atoms with Gasteiger partial charge in [-0.1, -0.05) is 0 Å². The van der Waals surface area contributed by atoms with E-state index in [1.165, 1.54) is 0 Å². The van der Waals surface area contributed by atoms with E-state index in [4.69, 9.17) is 0 Å². The third-order valence-corrected chi connectivity index (χ3v) is 5.29. The molecular weight excluding hydrogens is 194 g/mol. The van der Waals surface area contributed by atoms with Crippen molar-refractivity contribution >= 4 is 16.1 Å². The fourth-order valence-corrected chi connectivity index (χ4v) is 3.09. The van der Waals surface area contributed by atoms with E-state index in [0.29, 0.717) is 0 Å². The van der Waals surface area contributed by atoms with Crippen LogP contribution >= 0.6 is 0 Å². The Morgan fingerprint density at radius 3 is 2.23 bits per heavy atom. The first kappa shape index (κ1) is 10.3. The lowest BCUT2D eigenvalue weighted by Gasteiger charge is -2.49. The minimum atomic E-state index is -3.50. The highest BCUT2D eigenvalue weighted by Gasteiger charge is 2.60. The van der Waals surface area contributed by atoms with Crippen molar-refractivity contribution in [3.05, 3.63) is 0 Å². The molecule has 1 saturated heterocycles. The summed E-state index contributed by atoms with van der Waals surface area (Å²) >= 11 is 0. The number of sulfonamides is 1. The van der Waals surface area contributed by atoms with E-state index in [1.807, 2.05) is 0 Å². The van der Waals surface area contributed by atoms with E-state index >= 15 is 0 Å². The van der Waals surface area contributed by atoms with Crippen LogP contribution in [0.5, 0.6) is 0 Å². The second-order valence-electron chi connectivity index (χ2n) is 3.55. The first-order valence-electron chi connectivity index (χ1n) is 3.88. The Hall–Kier alpha value is -0.780. The molecule has 5 nitrogen and oxygen atoms in total. The Bertz CT molecular complexity index is 332. The molecule has 0 saturated carbocycles. The van der Waals surface area contributed by atoms with Gasteiger partial charge in [-0.2, -0.15) is 4.31 Å². The second kappa shape index (κ2) is 2.60. The quantitative estimate of drug-likeness (QED) is 0.582. The molecule has 0 aromatic carbocycles. The first-order chi connectivity index (χ1) is 5.76. The van der Waals surface area contributed by atoms with Crippen molar-refractivity contribution in [1.29, 1.82) is 0 Å². The van der Waals surface area contributed by atoms with Crippen molar-refractivity contribution in [2.45, 2.75) is 31.6 Å². The lowest BCUT2D eigenvalue weighted by molar-refractivity contribution is 0.119. The third-order valence-electron chi connectivity index (χ3n) is 2.64. The molecule has 0 spiro atoms. The number of rotatable bonds is 0. The lowest BCUT2D eigenvalue weighted by Crippen LogP contribution is -2.70. The number of nitrogens with zero attached hydrogens (tertiary/aromatic N) is 1. The van der Waals surface area contributed by atoms with Crippen LogP contribution in [0, 0.1) is 0 Å². The van der Waals surface area contributed by atoms with Gasteiger partial charge in [0.1, 0.15) is 4.75 Å². The van der Waals surface area contributed by atoms with Crippen molar-refractivity contribution in [1.82, 2.24) is 4.31 Å². The van der Waals surface area contributed by atoms with Crippen molar-refractivity contribution in [2.75, 3.05) is 7.11 Å². The molecule has 0 unspecified atom stereocenters. The highest BCUT2D eigenvalue weighted by Crippen LogP contribution is 2.40. The summed E-state index contributed by atoms with van der Waals surface area (Å²) in [4.78, 5) is 11.0. The molecule has 1 fully saturated rings. The van der Waals surface area contributed by atoms with Gasteiger partial charge in [0, 0.05) is 0 Å². The van der Waals surface area contributed by atoms with Gasteiger partial charge in [0.15, 0.2) is 0 Å². The largest absolute Gasteiger partial charge is 0.452 e. The van der Waals surface area contributed by atoms with Gasteiger partial charge in [0.25, 0.3) is 0 Å². The van der Waals surface area contributed by atoms with Gasteiger partial charge in [0.2, 0.25) is 10.0 Å². The van der Waals surface area contributed by atoms with Gasteiger partial charge in [-0.25, -0.2) is 13.2 Å². The molecule has 76 valence electrons. The standard InChI is InChI=1S/C7H13NO4S/c1-5-7(2,3)13(10,11)8(5)6(9)12-4/h5H,1-4H3/t5-/m1/s1. The summed E-state index contributed by atoms with van der Waals surface area (Å²) in [5.74, 6) is 0. The summed E-state index contributed by atoms with van der Waals surface area (Å²) in [7, 11) is -2.34. The van der Waals surface area contributed by atoms with Crippen LogP contribution in [0.4, 0.5) is 4.79 Å². The van der Waals surface area contributed by atoms with Gasteiger partial charge in [-0.05, 0) is 20.8 Å². The summed E-state index contributed by atoms with van der Waals surface area (Å²) in [5.41, 5.74) is 0. The van der Waals surface area contributed by atoms with E-state index in [9.17, 15) is 13.2 Å². The molecular formula is C7H13NO4S. The number of ether oxygens (including phenoxy) is 1. The molecule has 1 heterocycles. The van der Waals surface area contributed by atoms with E-state index in [-0.39, 0.29) is 6.04 Å². The molecule has 1 atom stereocenters. The maximum Gasteiger partial charge on any atom is 0.423 e. The predicted molar refractivity (Wildman–Crippen MR) is 46.7 cm³/mol. The number of hydrogen-bond acceptors (Lipinski definition) is 4. The van der Waals surface area contributed by atoms with Crippen LogP contribution in [0.25, 0.3) is 0 Å². The molecule has 6 heteroatoms. The van der Waals surface area contributed by atoms with Crippen LogP contribution < -0.4 is 0 Å². The molecule has 1 amide bonds. The molecule has 0 bridgehead atoms. The monoisotopic (exact) mass is 207 g/mol. The molecule has 0 N–H and O–H groups in total. The number of carbonyl (C=O) groups excluding carboxylic acids is 1. The van der Waals surface area contributed by atoms with Crippen LogP contribution in [0.2, 0.25) is 0 Å². The Kier molecular flexibility index (Phi) is 2.06. The Morgan fingerprint density at radius 2 is 1.92 bits per heavy atom. The number of amides is 1. The Balaban J connectivity index is 3.03. The fourth-order valence-electron chi connectivity index (χ4n) is 1.26. The molecule has 0 aromatic rings. The zero-order valence-corrected chi connectivity index (χ0v) is 8.88. The highest BCUT2D eigenvalue weighted by atomic mass is 32.2. The summed E-state index contributed by atoms with van der Waals surface area (Å²) < 4.78 is 27.3. The SMILES string of the molecule is COC(=O)N1[C@H](C)C(C)(C)S1(=O)=O. The molecule has 0 aliphatic carbocycles. The first-order valence-corrected chi connectivity index (χ1v) is 5.32. The van der Waals surface area contributed by atoms with E-state index in [2.05, 4.69) is 4.74 Å². The van der Waals surface area contributed by atoms with Crippen LogP contribution in [0.1, 0.15) is 20.8 Å². The molecule has 1 aliphatic rings. The molecule has 0 radical (unpaired) electrons. The van der Waals surface area contributed by atoms with Gasteiger partial charge < -0.3 is 4.74 Å². The third kappa shape index (κ3) is 1.04. The minimum Gasteiger partial charge on any atom is -0.452 e. The van der Waals surface area contributed by atoms with Gasteiger partial charge >= 0.3 is 6.09 Å². The second-order valence-corrected chi connectivity index (χ2v) is 5.95. The van der Waals surface area contributed by atoms with Crippen molar-refractivity contribution < 1.29 is 17.9 Å². The number of carbonyl (C=O) groups is 1. The summed E-state index contributed by atoms with van der Waals surface area (Å²) in [5, 5.41) is 0. The maximum atomic E-state index is 11.5. The smallest absolute Gasteiger partial charge is 0.423 e. The van der Waals surface area contributed by atoms with E-state index in [0.717, 1.165) is 11.4 Å². The van der Waals surface area contributed by atoms with Crippen LogP contribution in [0.15, 0.2) is 0 Å². The van der Waals surface area contributed by atoms with Crippen molar-refractivity contribution in [2.24, 2.45) is 0 Å². The molecule has 1 rings (SSSR count). The maximum absolute atomic E-state index is 11.5. The van der Waals surface area contributed by atoms with Crippen molar-refractivity contribution in [3.8, 4) is 0 Å². The molecule has 0 aromatic heterocycles. The Morgan fingerprint density at radius 1 is 1.46 bits per heavy atom. The average Bonchev–Trinajstić information content (AvgIpc) is 2.03. The zero-order valence-electron chi connectivity index (χ0n) is 8.07. The van der Waals surface area contributed by atoms with Gasteiger partial charge in [0.05, 0.1) is 13.2 Å². The molecule has 13 heavy (non-hydrogen) atoms. The van der Waals surface area contributed by atoms with Crippen LogP contribution in [-0.4, -0.2) is 36.7 Å².